The molecule has 5 aliphatic carbocycles. The third kappa shape index (κ3) is 2.93. The van der Waals surface area contributed by atoms with Crippen molar-refractivity contribution in [3.63, 3.8) is 0 Å². The summed E-state index contributed by atoms with van der Waals surface area (Å²) in [5, 5.41) is 19.8. The molecule has 0 saturated heterocycles. The fourth-order valence-corrected chi connectivity index (χ4v) is 11.1. The zero-order valence-electron chi connectivity index (χ0n) is 22.2. The number of carboxylic acid groups (broad SMARTS) is 1. The molecule has 4 heteroatoms. The second-order valence-corrected chi connectivity index (χ2v) is 14.2. The third-order valence-corrected chi connectivity index (χ3v) is 13.0. The molecular weight excluding hydrogens is 424 g/mol. The zero-order chi connectivity index (χ0) is 24.9. The maximum Gasteiger partial charge on any atom is 0.331 e. The molecule has 4 unspecified atom stereocenters. The van der Waals surface area contributed by atoms with Gasteiger partial charge in [0.2, 0.25) is 0 Å². The van der Waals surface area contributed by atoms with Crippen LogP contribution in [0.25, 0.3) is 0 Å². The largest absolute Gasteiger partial charge is 0.478 e. The van der Waals surface area contributed by atoms with E-state index < -0.39 is 12.1 Å². The highest BCUT2D eigenvalue weighted by molar-refractivity contribution is 5.86. The average molecular weight is 471 g/mol. The summed E-state index contributed by atoms with van der Waals surface area (Å²) in [6, 6.07) is 0. The van der Waals surface area contributed by atoms with Gasteiger partial charge >= 0.3 is 5.97 Å². The van der Waals surface area contributed by atoms with Crippen molar-refractivity contribution >= 4 is 11.8 Å². The van der Waals surface area contributed by atoms with Crippen LogP contribution in [-0.2, 0) is 9.59 Å². The molecule has 34 heavy (non-hydrogen) atoms. The van der Waals surface area contributed by atoms with Crippen molar-refractivity contribution in [3.8, 4) is 0 Å². The van der Waals surface area contributed by atoms with Crippen LogP contribution in [0.3, 0.4) is 0 Å². The molecule has 0 aliphatic heterocycles. The van der Waals surface area contributed by atoms with Crippen LogP contribution in [0.5, 0.6) is 0 Å². The van der Waals surface area contributed by atoms with Crippen molar-refractivity contribution in [2.45, 2.75) is 112 Å². The normalized spacial score (nSPS) is 48.7. The number of carbonyl (C=O) groups excluding carboxylic acids is 1. The predicted octanol–water partition coefficient (Wildman–Crippen LogP) is 6.41. The van der Waals surface area contributed by atoms with Gasteiger partial charge in [-0.2, -0.15) is 0 Å². The van der Waals surface area contributed by atoms with E-state index in [2.05, 4.69) is 34.6 Å². The predicted molar refractivity (Wildman–Crippen MR) is 133 cm³/mol. The van der Waals surface area contributed by atoms with Gasteiger partial charge in [0.25, 0.3) is 0 Å². The van der Waals surface area contributed by atoms with Crippen LogP contribution < -0.4 is 0 Å². The van der Waals surface area contributed by atoms with Crippen molar-refractivity contribution in [1.82, 2.24) is 0 Å². The van der Waals surface area contributed by atoms with Gasteiger partial charge in [-0.1, -0.05) is 34.6 Å². The molecule has 5 saturated carbocycles. The van der Waals surface area contributed by atoms with Gasteiger partial charge in [0.1, 0.15) is 5.78 Å². The molecule has 2 spiro atoms. The summed E-state index contributed by atoms with van der Waals surface area (Å²) >= 11 is 0. The Morgan fingerprint density at radius 2 is 1.65 bits per heavy atom. The molecule has 0 radical (unpaired) electrons. The lowest BCUT2D eigenvalue weighted by atomic mass is 9.42. The number of aliphatic hydroxyl groups excluding tert-OH is 1. The first kappa shape index (κ1) is 24.5. The Labute approximate surface area is 206 Å². The molecule has 0 aromatic heterocycles. The number of hydrogen-bond donors (Lipinski definition) is 2. The summed E-state index contributed by atoms with van der Waals surface area (Å²) in [7, 11) is 0. The van der Waals surface area contributed by atoms with Crippen molar-refractivity contribution < 1.29 is 19.8 Å². The molecule has 0 aromatic rings. The highest BCUT2D eigenvalue weighted by atomic mass is 16.4. The van der Waals surface area contributed by atoms with E-state index in [4.69, 9.17) is 0 Å². The van der Waals surface area contributed by atoms with E-state index >= 15 is 0 Å². The number of carboxylic acids is 1. The number of aliphatic carboxylic acids is 1. The molecule has 5 rings (SSSR count). The quantitative estimate of drug-likeness (QED) is 0.455. The van der Waals surface area contributed by atoms with Crippen LogP contribution in [0.1, 0.15) is 106 Å². The molecule has 5 aliphatic rings. The summed E-state index contributed by atoms with van der Waals surface area (Å²) in [4.78, 5) is 24.0. The minimum atomic E-state index is -0.953. The molecule has 0 aromatic carbocycles. The van der Waals surface area contributed by atoms with Gasteiger partial charge in [0.15, 0.2) is 0 Å². The number of fused-ring (bicyclic) bond motifs is 2. The summed E-state index contributed by atoms with van der Waals surface area (Å²) < 4.78 is 0. The van der Waals surface area contributed by atoms with Crippen LogP contribution in [0.2, 0.25) is 0 Å². The van der Waals surface area contributed by atoms with Crippen LogP contribution in [0.15, 0.2) is 11.6 Å². The smallest absolute Gasteiger partial charge is 0.331 e. The summed E-state index contributed by atoms with van der Waals surface area (Å²) in [6.07, 6.45) is 12.3. The molecule has 0 bridgehead atoms. The SMILES string of the molecule is C/C(=C\C(O)C[C@@H](C)C1CC[C@@]2(C)C3CCC4C(C)(C)C(=O)CC[C@@]45C[C@@]35CC[C@]12C)C(=O)O. The lowest BCUT2D eigenvalue weighted by Gasteiger charge is -2.62. The van der Waals surface area contributed by atoms with Crippen LogP contribution in [0.4, 0.5) is 0 Å². The van der Waals surface area contributed by atoms with Crippen LogP contribution in [0, 0.1) is 50.7 Å². The minimum absolute atomic E-state index is 0.154. The third-order valence-electron chi connectivity index (χ3n) is 13.0. The number of carbonyl (C=O) groups is 2. The molecule has 190 valence electrons. The molecule has 9 atom stereocenters. The number of Topliss-reactive ketones (excluding diaryl/α,β-unsaturated/α-hetero) is 1. The highest BCUT2D eigenvalue weighted by Gasteiger charge is 2.82. The summed E-state index contributed by atoms with van der Waals surface area (Å²) in [5.41, 5.74) is 1.54. The van der Waals surface area contributed by atoms with Gasteiger partial charge in [-0.05, 0) is 116 Å². The minimum Gasteiger partial charge on any atom is -0.478 e. The molecule has 2 N–H and O–H groups in total. The van der Waals surface area contributed by atoms with E-state index in [1.807, 2.05) is 0 Å². The van der Waals surface area contributed by atoms with Crippen molar-refractivity contribution in [1.29, 1.82) is 0 Å². The lowest BCUT2D eigenvalue weighted by Crippen LogP contribution is -2.57. The average Bonchev–Trinajstić information content (AvgIpc) is 3.33. The standard InChI is InChI=1S/C30H46O4/c1-18(15-20(31)16-19(2)25(33)34)21-9-11-28(6)23-8-7-22-26(3,4)24(32)10-12-29(22)17-30(23,29)14-13-27(21,28)5/h16,18,20-23,31H,7-15,17H2,1-6H3,(H,33,34)/b19-16+/t18-,20?,21?,22?,23?,27-,28+,29-,30+/m1/s1. The Kier molecular flexibility index (Phi) is 5.36. The number of aliphatic hydroxyl groups is 1. The maximum absolute atomic E-state index is 12.8. The first-order chi connectivity index (χ1) is 15.8. The second-order valence-electron chi connectivity index (χ2n) is 14.2. The fourth-order valence-electron chi connectivity index (χ4n) is 11.1. The summed E-state index contributed by atoms with van der Waals surface area (Å²) in [6.45, 7) is 13.5. The Morgan fingerprint density at radius 1 is 1.00 bits per heavy atom. The molecular formula is C30H46O4. The van der Waals surface area contributed by atoms with E-state index in [0.29, 0.717) is 46.2 Å². The Balaban J connectivity index is 1.38. The highest BCUT2D eigenvalue weighted by Crippen LogP contribution is 2.88. The summed E-state index contributed by atoms with van der Waals surface area (Å²) in [5.74, 6) is 1.81. The van der Waals surface area contributed by atoms with Gasteiger partial charge < -0.3 is 10.2 Å². The van der Waals surface area contributed by atoms with Gasteiger partial charge in [-0.15, -0.1) is 0 Å². The van der Waals surface area contributed by atoms with E-state index in [1.54, 1.807) is 6.92 Å². The first-order valence-electron chi connectivity index (χ1n) is 13.9. The zero-order valence-corrected chi connectivity index (χ0v) is 22.2. The van der Waals surface area contributed by atoms with E-state index in [1.165, 1.54) is 51.0 Å². The second kappa shape index (κ2) is 7.43. The first-order valence-corrected chi connectivity index (χ1v) is 13.9. The Hall–Kier alpha value is -1.16. The monoisotopic (exact) mass is 470 g/mol. The number of rotatable bonds is 5. The lowest BCUT2D eigenvalue weighted by molar-refractivity contribution is -0.157. The maximum atomic E-state index is 12.8. The number of hydrogen-bond acceptors (Lipinski definition) is 3. The van der Waals surface area contributed by atoms with Crippen LogP contribution in [-0.4, -0.2) is 28.1 Å². The van der Waals surface area contributed by atoms with Crippen LogP contribution >= 0.6 is 0 Å². The van der Waals surface area contributed by atoms with Crippen molar-refractivity contribution in [2.75, 3.05) is 0 Å². The van der Waals surface area contributed by atoms with E-state index in [0.717, 1.165) is 18.8 Å². The molecule has 0 amide bonds. The molecule has 4 nitrogen and oxygen atoms in total. The molecule has 5 fully saturated rings. The fraction of sp³-hybridized carbons (Fsp3) is 0.867. The van der Waals surface area contributed by atoms with Gasteiger partial charge in [0, 0.05) is 17.4 Å². The Bertz CT molecular complexity index is 934. The van der Waals surface area contributed by atoms with Crippen molar-refractivity contribution in [2.24, 2.45) is 50.7 Å². The van der Waals surface area contributed by atoms with Gasteiger partial charge in [-0.25, -0.2) is 4.79 Å². The molecule has 0 heterocycles. The number of ketones is 1. The van der Waals surface area contributed by atoms with Gasteiger partial charge in [0.05, 0.1) is 6.10 Å². The topological polar surface area (TPSA) is 74.6 Å². The van der Waals surface area contributed by atoms with E-state index in [-0.39, 0.29) is 16.4 Å². The Morgan fingerprint density at radius 3 is 2.32 bits per heavy atom. The van der Waals surface area contributed by atoms with E-state index in [9.17, 15) is 19.8 Å². The van der Waals surface area contributed by atoms with Gasteiger partial charge in [-0.3, -0.25) is 4.79 Å². The van der Waals surface area contributed by atoms with Crippen molar-refractivity contribution in [3.05, 3.63) is 11.6 Å².